The number of benzene rings is 2. The molecule has 3 aromatic rings. The highest BCUT2D eigenvalue weighted by atomic mass is 16.5. The Morgan fingerprint density at radius 1 is 1.18 bits per heavy atom. The fourth-order valence-electron chi connectivity index (χ4n) is 3.89. The number of amides is 4. The molecule has 0 aliphatic carbocycles. The zero-order valence-corrected chi connectivity index (χ0v) is 18.2. The molecule has 0 saturated carbocycles. The molecule has 1 aliphatic rings. The number of carbonyl (C=O) groups is 3. The van der Waals surface area contributed by atoms with Crippen molar-refractivity contribution < 1.29 is 19.1 Å². The molecule has 2 heterocycles. The van der Waals surface area contributed by atoms with Gasteiger partial charge < -0.3 is 15.0 Å². The Kier molecular flexibility index (Phi) is 6.30. The van der Waals surface area contributed by atoms with E-state index in [-0.39, 0.29) is 12.5 Å². The van der Waals surface area contributed by atoms with Gasteiger partial charge in [0, 0.05) is 36.6 Å². The number of hydrogen-bond acceptors (Lipinski definition) is 6. The number of carbonyl (C=O) groups excluding carboxylic acids is 3. The predicted molar refractivity (Wildman–Crippen MR) is 120 cm³/mol. The van der Waals surface area contributed by atoms with Gasteiger partial charge in [-0.1, -0.05) is 30.3 Å². The van der Waals surface area contributed by atoms with Gasteiger partial charge in [0.25, 0.3) is 5.91 Å². The van der Waals surface area contributed by atoms with Crippen molar-refractivity contribution in [2.75, 3.05) is 13.7 Å². The van der Waals surface area contributed by atoms with E-state index < -0.39 is 12.1 Å². The van der Waals surface area contributed by atoms with E-state index in [1.165, 1.54) is 0 Å². The Balaban J connectivity index is 1.58. The van der Waals surface area contributed by atoms with Crippen LogP contribution in [0.5, 0.6) is 5.75 Å². The summed E-state index contributed by atoms with van der Waals surface area (Å²) in [6.45, 7) is 2.53. The molecule has 33 heavy (non-hydrogen) atoms. The maximum Gasteiger partial charge on any atom is 0.321 e. The van der Waals surface area contributed by atoms with E-state index in [4.69, 9.17) is 4.74 Å². The van der Waals surface area contributed by atoms with Crippen molar-refractivity contribution in [3.05, 3.63) is 77.2 Å². The van der Waals surface area contributed by atoms with Crippen LogP contribution in [-0.4, -0.2) is 46.9 Å². The Morgan fingerprint density at radius 2 is 1.94 bits per heavy atom. The van der Waals surface area contributed by atoms with Crippen LogP contribution in [0.1, 0.15) is 33.2 Å². The lowest BCUT2D eigenvalue weighted by molar-refractivity contribution is -0.108. The molecule has 0 fully saturated rings. The van der Waals surface area contributed by atoms with Gasteiger partial charge in [0.05, 0.1) is 24.5 Å². The van der Waals surface area contributed by atoms with Crippen LogP contribution in [0, 0.1) is 6.92 Å². The lowest BCUT2D eigenvalue weighted by atomic mass is 10.0. The van der Waals surface area contributed by atoms with Crippen LogP contribution in [0.4, 0.5) is 4.79 Å². The second kappa shape index (κ2) is 9.47. The van der Waals surface area contributed by atoms with Crippen molar-refractivity contribution in [2.24, 2.45) is 0 Å². The first kappa shape index (κ1) is 21.9. The zero-order chi connectivity index (χ0) is 23.4. The molecule has 2 N–H and O–H groups in total. The minimum atomic E-state index is -0.644. The van der Waals surface area contributed by atoms with Gasteiger partial charge in [-0.3, -0.25) is 24.9 Å². The quantitative estimate of drug-likeness (QED) is 0.541. The number of hydrogen-bond donors (Lipinski definition) is 2. The fraction of sp³-hybridized carbons (Fsp3) is 0.208. The first-order valence-electron chi connectivity index (χ1n) is 10.3. The van der Waals surface area contributed by atoms with Crippen LogP contribution < -0.4 is 15.4 Å². The van der Waals surface area contributed by atoms with Crippen molar-refractivity contribution in [3.8, 4) is 17.0 Å². The molecule has 1 aromatic heterocycles. The summed E-state index contributed by atoms with van der Waals surface area (Å²) in [5.41, 5.74) is 4.72. The van der Waals surface area contributed by atoms with Crippen molar-refractivity contribution in [1.82, 2.24) is 25.5 Å². The Bertz CT molecular complexity index is 1200. The molecule has 0 spiro atoms. The highest BCUT2D eigenvalue weighted by Crippen LogP contribution is 2.29. The van der Waals surface area contributed by atoms with Gasteiger partial charge >= 0.3 is 6.03 Å². The smallest absolute Gasteiger partial charge is 0.321 e. The fourth-order valence-corrected chi connectivity index (χ4v) is 3.89. The highest BCUT2D eigenvalue weighted by Gasteiger charge is 2.30. The monoisotopic (exact) mass is 445 g/mol. The molecule has 0 saturated heterocycles. The second-order valence-electron chi connectivity index (χ2n) is 7.61. The average molecular weight is 445 g/mol. The Hall–Kier alpha value is -4.27. The van der Waals surface area contributed by atoms with Gasteiger partial charge in [0.2, 0.25) is 6.41 Å². The summed E-state index contributed by atoms with van der Waals surface area (Å²) in [6, 6.07) is 11.7. The van der Waals surface area contributed by atoms with Gasteiger partial charge in [-0.15, -0.1) is 0 Å². The standard InChI is InChI=1S/C24H23N5O4/c1-15-22(26-10-9-25-15)17-5-3-16(4-6-17)21(28-24(32)27-14-30)13-29-12-18-7-8-19(33-2)11-20(18)23(29)31/h3-11,14,21H,12-13H2,1-2H3,(H2,27,28,30,32)/t21-/m0/s1. The van der Waals surface area contributed by atoms with Crippen LogP contribution in [0.2, 0.25) is 0 Å². The summed E-state index contributed by atoms with van der Waals surface area (Å²) < 4.78 is 5.23. The normalized spacial score (nSPS) is 13.3. The van der Waals surface area contributed by atoms with E-state index in [2.05, 4.69) is 20.6 Å². The van der Waals surface area contributed by atoms with E-state index >= 15 is 0 Å². The van der Waals surface area contributed by atoms with Gasteiger partial charge in [-0.05, 0) is 30.2 Å². The molecule has 2 aromatic carbocycles. The van der Waals surface area contributed by atoms with Gasteiger partial charge in [0.1, 0.15) is 5.75 Å². The third-order valence-corrected chi connectivity index (χ3v) is 5.56. The number of urea groups is 1. The number of rotatable bonds is 7. The van der Waals surface area contributed by atoms with Crippen LogP contribution in [0.25, 0.3) is 11.3 Å². The molecule has 9 heteroatoms. The zero-order valence-electron chi connectivity index (χ0n) is 18.2. The Labute approximate surface area is 190 Å². The molecule has 4 amide bonds. The molecule has 0 bridgehead atoms. The van der Waals surface area contributed by atoms with E-state index in [9.17, 15) is 14.4 Å². The SMILES string of the molecule is COc1ccc2c(c1)C(=O)N(C[C@H](NC(=O)NC=O)c1ccc(-c3nccnc3C)cc1)C2. The third-order valence-electron chi connectivity index (χ3n) is 5.56. The maximum absolute atomic E-state index is 13.0. The maximum atomic E-state index is 13.0. The van der Waals surface area contributed by atoms with Gasteiger partial charge in [-0.25, -0.2) is 4.79 Å². The minimum absolute atomic E-state index is 0.140. The lowest BCUT2D eigenvalue weighted by Crippen LogP contribution is -2.42. The summed E-state index contributed by atoms with van der Waals surface area (Å²) in [7, 11) is 1.55. The molecule has 1 atom stereocenters. The number of aryl methyl sites for hydroxylation is 1. The summed E-state index contributed by atoms with van der Waals surface area (Å²) in [6.07, 6.45) is 3.59. The number of nitrogens with one attached hydrogen (secondary N) is 2. The van der Waals surface area contributed by atoms with Crippen LogP contribution in [0.3, 0.4) is 0 Å². The largest absolute Gasteiger partial charge is 0.497 e. The number of imide groups is 1. The first-order chi connectivity index (χ1) is 16.0. The summed E-state index contributed by atoms with van der Waals surface area (Å²) in [4.78, 5) is 46.1. The van der Waals surface area contributed by atoms with Crippen molar-refractivity contribution in [1.29, 1.82) is 0 Å². The molecule has 168 valence electrons. The molecular weight excluding hydrogens is 422 g/mol. The van der Waals surface area contributed by atoms with Gasteiger partial charge in [0.15, 0.2) is 0 Å². The van der Waals surface area contributed by atoms with Gasteiger partial charge in [-0.2, -0.15) is 0 Å². The first-order valence-corrected chi connectivity index (χ1v) is 10.3. The number of methoxy groups -OCH3 is 1. The van der Waals surface area contributed by atoms with Crippen LogP contribution in [-0.2, 0) is 11.3 Å². The Morgan fingerprint density at radius 3 is 2.64 bits per heavy atom. The molecule has 0 radical (unpaired) electrons. The molecule has 9 nitrogen and oxygen atoms in total. The molecule has 4 rings (SSSR count). The van der Waals surface area contributed by atoms with E-state index in [0.717, 1.165) is 28.1 Å². The third kappa shape index (κ3) is 4.67. The topological polar surface area (TPSA) is 114 Å². The average Bonchev–Trinajstić information content (AvgIpc) is 3.13. The highest BCUT2D eigenvalue weighted by molar-refractivity contribution is 5.98. The summed E-state index contributed by atoms with van der Waals surface area (Å²) in [5, 5.41) is 4.86. The summed E-state index contributed by atoms with van der Waals surface area (Å²) in [5.74, 6) is 0.470. The van der Waals surface area contributed by atoms with Crippen LogP contribution >= 0.6 is 0 Å². The summed E-state index contributed by atoms with van der Waals surface area (Å²) >= 11 is 0. The lowest BCUT2D eigenvalue weighted by Gasteiger charge is -2.25. The number of fused-ring (bicyclic) bond motifs is 1. The molecular formula is C24H23N5O4. The molecule has 0 unspecified atom stereocenters. The number of aromatic nitrogens is 2. The minimum Gasteiger partial charge on any atom is -0.497 e. The number of ether oxygens (including phenoxy) is 1. The van der Waals surface area contributed by atoms with Crippen molar-refractivity contribution in [3.63, 3.8) is 0 Å². The van der Waals surface area contributed by atoms with Crippen LogP contribution in [0.15, 0.2) is 54.9 Å². The predicted octanol–water partition coefficient (Wildman–Crippen LogP) is 2.61. The number of nitrogens with zero attached hydrogens (tertiary/aromatic N) is 3. The van der Waals surface area contributed by atoms with E-state index in [1.807, 2.05) is 43.3 Å². The van der Waals surface area contributed by atoms with Crippen molar-refractivity contribution >= 4 is 18.3 Å². The molecule has 1 aliphatic heterocycles. The van der Waals surface area contributed by atoms with E-state index in [1.54, 1.807) is 30.5 Å². The van der Waals surface area contributed by atoms with E-state index in [0.29, 0.717) is 24.3 Å². The van der Waals surface area contributed by atoms with Crippen molar-refractivity contribution in [2.45, 2.75) is 19.5 Å². The second-order valence-corrected chi connectivity index (χ2v) is 7.61.